The smallest absolute Gasteiger partial charge is 0.0488 e. The van der Waals surface area contributed by atoms with Crippen LogP contribution in [-0.2, 0) is 21.7 Å². The lowest BCUT2D eigenvalue weighted by Crippen LogP contribution is -2.18. The van der Waals surface area contributed by atoms with Crippen LogP contribution in [0.4, 0.5) is 34.1 Å². The van der Waals surface area contributed by atoms with Gasteiger partial charge >= 0.3 is 0 Å². The molecule has 0 fully saturated rings. The molecule has 11 aromatic carbocycles. The minimum absolute atomic E-state index is 0.152. The van der Waals surface area contributed by atoms with E-state index in [2.05, 4.69) is 308 Å². The Balaban J connectivity index is 0.933. The predicted octanol–water partition coefficient (Wildman–Crippen LogP) is 21.2. The Morgan fingerprint density at radius 2 is 0.588 bits per heavy atom. The Morgan fingerprint density at radius 1 is 0.200 bits per heavy atom. The van der Waals surface area contributed by atoms with Crippen LogP contribution in [0.2, 0.25) is 0 Å². The number of benzene rings is 11. The van der Waals surface area contributed by atoms with Crippen molar-refractivity contribution in [1.82, 2.24) is 0 Å². The lowest BCUT2D eigenvalue weighted by atomic mass is 9.79. The summed E-state index contributed by atoms with van der Waals surface area (Å²) in [6, 6.07) is 91.7. The third-order valence-electron chi connectivity index (χ3n) is 19.0. The molecule has 386 valence electrons. The normalized spacial score (nSPS) is 15.4. The molecule has 15 rings (SSSR count). The average molecular weight is 1030 g/mol. The largest absolute Gasteiger partial charge is 0.310 e. The Bertz CT molecular complexity index is 4180. The molecule has 2 nitrogen and oxygen atoms in total. The van der Waals surface area contributed by atoms with Gasteiger partial charge in [0.2, 0.25) is 0 Å². The van der Waals surface area contributed by atoms with Gasteiger partial charge in [-0.25, -0.2) is 0 Å². The maximum Gasteiger partial charge on any atom is 0.0488 e. The van der Waals surface area contributed by atoms with Gasteiger partial charge in [-0.15, -0.1) is 0 Å². The fraction of sp³-hybridized carbons (Fsp3) is 0.154. The van der Waals surface area contributed by atoms with Gasteiger partial charge in [-0.1, -0.05) is 213 Å². The Morgan fingerprint density at radius 3 is 1.15 bits per heavy atom. The lowest BCUT2D eigenvalue weighted by molar-refractivity contribution is 0.652. The van der Waals surface area contributed by atoms with Crippen LogP contribution in [0.3, 0.4) is 0 Å². The molecule has 0 heterocycles. The highest BCUT2D eigenvalue weighted by Gasteiger charge is 2.43. The molecule has 11 aromatic rings. The molecular weight excluding hydrogens is 965 g/mol. The minimum atomic E-state index is -0.263. The fourth-order valence-corrected chi connectivity index (χ4v) is 14.8. The molecule has 4 aliphatic rings. The quantitative estimate of drug-likeness (QED) is 0.150. The van der Waals surface area contributed by atoms with Gasteiger partial charge in [-0.2, -0.15) is 0 Å². The number of hydrogen-bond acceptors (Lipinski definition) is 2. The maximum absolute atomic E-state index is 2.56. The van der Waals surface area contributed by atoms with Crippen LogP contribution in [0.25, 0.3) is 66.8 Å². The third-order valence-corrected chi connectivity index (χ3v) is 19.0. The minimum Gasteiger partial charge on any atom is -0.310 e. The van der Waals surface area contributed by atoms with Crippen LogP contribution < -0.4 is 9.80 Å². The molecule has 0 radical (unpaired) electrons. The number of fused-ring (bicyclic) bond motifs is 12. The van der Waals surface area contributed by atoms with Crippen LogP contribution in [0.5, 0.6) is 0 Å². The summed E-state index contributed by atoms with van der Waals surface area (Å²) >= 11 is 0. The maximum atomic E-state index is 2.56. The molecule has 0 atom stereocenters. The van der Waals surface area contributed by atoms with Crippen molar-refractivity contribution in [2.45, 2.75) is 77.0 Å². The summed E-state index contributed by atoms with van der Waals surface area (Å²) in [4.78, 5) is 4.96. The summed E-state index contributed by atoms with van der Waals surface area (Å²) in [5.41, 5.74) is 32.4. The first-order chi connectivity index (χ1) is 38.7. The highest BCUT2D eigenvalue weighted by molar-refractivity contribution is 5.97. The van der Waals surface area contributed by atoms with Gasteiger partial charge in [0, 0.05) is 55.8 Å². The molecule has 0 spiro atoms. The predicted molar refractivity (Wildman–Crippen MR) is 337 cm³/mol. The highest BCUT2D eigenvalue weighted by atomic mass is 15.2. The van der Waals surface area contributed by atoms with Gasteiger partial charge in [0.05, 0.1) is 0 Å². The number of hydrogen-bond donors (Lipinski definition) is 0. The van der Waals surface area contributed by atoms with Crippen molar-refractivity contribution in [3.63, 3.8) is 0 Å². The van der Waals surface area contributed by atoms with E-state index in [1.54, 1.807) is 0 Å². The van der Waals surface area contributed by atoms with E-state index in [9.17, 15) is 0 Å². The number of nitrogens with zero attached hydrogens (tertiary/aromatic N) is 2. The Hall–Kier alpha value is -8.98. The van der Waals surface area contributed by atoms with Crippen molar-refractivity contribution in [3.8, 4) is 66.8 Å². The zero-order valence-corrected chi connectivity index (χ0v) is 47.0. The van der Waals surface area contributed by atoms with E-state index in [0.717, 1.165) is 39.7 Å². The number of rotatable bonds is 8. The summed E-state index contributed by atoms with van der Waals surface area (Å²) in [5.74, 6) is 0. The molecule has 0 bridgehead atoms. The second-order valence-electron chi connectivity index (χ2n) is 24.9. The molecular formula is C78H64N2. The summed E-state index contributed by atoms with van der Waals surface area (Å²) in [6.45, 7) is 19.2. The van der Waals surface area contributed by atoms with Crippen molar-refractivity contribution >= 4 is 34.1 Å². The lowest BCUT2D eigenvalue weighted by Gasteiger charge is -2.32. The summed E-state index contributed by atoms with van der Waals surface area (Å²) < 4.78 is 0. The second kappa shape index (κ2) is 17.3. The van der Waals surface area contributed by atoms with Crippen molar-refractivity contribution < 1.29 is 0 Å². The van der Waals surface area contributed by atoms with Crippen LogP contribution in [0.1, 0.15) is 99.9 Å². The molecule has 4 aliphatic carbocycles. The van der Waals surface area contributed by atoms with Crippen LogP contribution in [0.15, 0.2) is 243 Å². The van der Waals surface area contributed by atoms with E-state index in [0.29, 0.717) is 0 Å². The Labute approximate surface area is 472 Å². The van der Waals surface area contributed by atoms with E-state index >= 15 is 0 Å². The average Bonchev–Trinajstić information content (AvgIpc) is 4.12. The van der Waals surface area contributed by atoms with Gasteiger partial charge in [-0.05, 0) is 196 Å². The Kier molecular flexibility index (Phi) is 10.4. The van der Waals surface area contributed by atoms with Crippen LogP contribution >= 0.6 is 0 Å². The number of para-hydroxylation sites is 2. The van der Waals surface area contributed by atoms with Gasteiger partial charge in [0.15, 0.2) is 0 Å². The molecule has 2 heteroatoms. The first kappa shape index (κ1) is 48.2. The molecule has 0 amide bonds. The van der Waals surface area contributed by atoms with E-state index in [1.807, 2.05) is 0 Å². The van der Waals surface area contributed by atoms with Crippen molar-refractivity contribution in [1.29, 1.82) is 0 Å². The van der Waals surface area contributed by atoms with Crippen molar-refractivity contribution in [3.05, 3.63) is 287 Å². The topological polar surface area (TPSA) is 6.48 Å². The molecule has 80 heavy (non-hydrogen) atoms. The zero-order valence-electron chi connectivity index (χ0n) is 47.0. The molecule has 0 saturated heterocycles. The van der Waals surface area contributed by atoms with Gasteiger partial charge < -0.3 is 9.80 Å². The van der Waals surface area contributed by atoms with Crippen LogP contribution in [0, 0.1) is 0 Å². The first-order valence-corrected chi connectivity index (χ1v) is 28.6. The SMILES string of the molecule is CC1(C)c2ccccc2-c2ccc(N(c3ccccc3)c3cc(-c4ccc5c(c4)C(C)(C)c4cc6c(cc4-5)C(C)(C)c4cccc(-c5ccccc5)c4-6)cc(N(c4ccccc4)c4ccc5c(c4)C(C)(C)c4ccccc4-5)c3)cc21. The highest BCUT2D eigenvalue weighted by Crippen LogP contribution is 2.59. The van der Waals surface area contributed by atoms with Crippen molar-refractivity contribution in [2.24, 2.45) is 0 Å². The van der Waals surface area contributed by atoms with Gasteiger partial charge in [0.1, 0.15) is 0 Å². The molecule has 0 aromatic heterocycles. The zero-order chi connectivity index (χ0) is 54.5. The molecule has 0 aliphatic heterocycles. The van der Waals surface area contributed by atoms with Crippen LogP contribution in [-0.4, -0.2) is 0 Å². The standard InChI is InChI=1S/C78H64N2/c1-75(2)66-32-20-18-29-59(66)61-39-36-54(45-70(61)75)79(52-25-14-10-15-26-52)56-41-51(42-57(44-56)80(53-27-16-11-17-28-53)55-37-40-62-60-30-19-21-33-67(60)76(3,4)71(62)46-55)50-35-38-63-64-47-73-65(48-72(64)78(7,8)69(63)43-50)74-58(49-23-12-9-13-24-49)31-22-34-68(74)77(73,5)6/h9-48H,1-8H3. The second-order valence-corrected chi connectivity index (χ2v) is 24.9. The molecule has 0 unspecified atom stereocenters. The van der Waals surface area contributed by atoms with Crippen molar-refractivity contribution in [2.75, 3.05) is 9.80 Å². The molecule has 0 saturated carbocycles. The van der Waals surface area contributed by atoms with E-state index in [1.165, 1.54) is 106 Å². The fourth-order valence-electron chi connectivity index (χ4n) is 14.8. The van der Waals surface area contributed by atoms with E-state index in [4.69, 9.17) is 0 Å². The van der Waals surface area contributed by atoms with Gasteiger partial charge in [-0.3, -0.25) is 0 Å². The number of anilines is 6. The van der Waals surface area contributed by atoms with Gasteiger partial charge in [0.25, 0.3) is 0 Å². The van der Waals surface area contributed by atoms with E-state index in [-0.39, 0.29) is 21.7 Å². The monoisotopic (exact) mass is 1030 g/mol. The summed E-state index contributed by atoms with van der Waals surface area (Å²) in [6.07, 6.45) is 0. The summed E-state index contributed by atoms with van der Waals surface area (Å²) in [5, 5.41) is 0. The third kappa shape index (κ3) is 6.97. The first-order valence-electron chi connectivity index (χ1n) is 28.6. The van der Waals surface area contributed by atoms with E-state index < -0.39 is 0 Å². The summed E-state index contributed by atoms with van der Waals surface area (Å²) in [7, 11) is 0. The molecule has 0 N–H and O–H groups in total.